The number of aryl methyl sites for hydroxylation is 1. The fourth-order valence-electron chi connectivity index (χ4n) is 3.69. The van der Waals surface area contributed by atoms with E-state index in [9.17, 15) is 9.59 Å². The summed E-state index contributed by atoms with van der Waals surface area (Å²) in [5.41, 5.74) is 1.53. The van der Waals surface area contributed by atoms with Crippen LogP contribution < -0.4 is 5.56 Å². The van der Waals surface area contributed by atoms with Crippen LogP contribution in [0.15, 0.2) is 59.5 Å². The van der Waals surface area contributed by atoms with E-state index in [0.717, 1.165) is 35.3 Å². The summed E-state index contributed by atoms with van der Waals surface area (Å²) in [4.78, 5) is 30.7. The Morgan fingerprint density at radius 1 is 1.10 bits per heavy atom. The van der Waals surface area contributed by atoms with E-state index in [-0.39, 0.29) is 5.56 Å². The van der Waals surface area contributed by atoms with Crippen molar-refractivity contribution in [1.82, 2.24) is 14.1 Å². The second-order valence-electron chi connectivity index (χ2n) is 8.70. The molecule has 6 heteroatoms. The quantitative estimate of drug-likeness (QED) is 0.442. The molecule has 0 aliphatic rings. The molecule has 0 spiro atoms. The fraction of sp³-hybridized carbons (Fsp3) is 0.320. The van der Waals surface area contributed by atoms with E-state index >= 15 is 0 Å². The van der Waals surface area contributed by atoms with Crippen LogP contribution in [0.2, 0.25) is 0 Å². The molecule has 4 aromatic rings. The SMILES string of the molecule is CCCCc1nc2ccccc2c(=O)n1-c1ccc2c(ccn2C(=O)OC(C)(C)C)c1. The third kappa shape index (κ3) is 4.10. The number of nitrogens with zero attached hydrogens (tertiary/aromatic N) is 3. The van der Waals surface area contributed by atoms with Crippen LogP contribution in [0, 0.1) is 0 Å². The van der Waals surface area contributed by atoms with Crippen molar-refractivity contribution in [1.29, 1.82) is 0 Å². The number of rotatable bonds is 4. The van der Waals surface area contributed by atoms with E-state index in [0.29, 0.717) is 17.3 Å². The maximum absolute atomic E-state index is 13.4. The molecule has 2 aromatic carbocycles. The van der Waals surface area contributed by atoms with E-state index in [1.165, 1.54) is 4.57 Å². The molecule has 0 bridgehead atoms. The minimum Gasteiger partial charge on any atom is -0.443 e. The van der Waals surface area contributed by atoms with Gasteiger partial charge in [0.1, 0.15) is 11.4 Å². The molecule has 4 rings (SSSR count). The van der Waals surface area contributed by atoms with Gasteiger partial charge in [-0.3, -0.25) is 13.9 Å². The van der Waals surface area contributed by atoms with E-state index in [4.69, 9.17) is 9.72 Å². The molecule has 31 heavy (non-hydrogen) atoms. The molecule has 0 atom stereocenters. The van der Waals surface area contributed by atoms with Gasteiger partial charge >= 0.3 is 6.09 Å². The van der Waals surface area contributed by atoms with E-state index in [1.54, 1.807) is 10.8 Å². The average Bonchev–Trinajstić information content (AvgIpc) is 3.14. The van der Waals surface area contributed by atoms with Gasteiger partial charge < -0.3 is 4.74 Å². The summed E-state index contributed by atoms with van der Waals surface area (Å²) >= 11 is 0. The molecule has 0 saturated heterocycles. The van der Waals surface area contributed by atoms with Gasteiger partial charge in [0, 0.05) is 18.0 Å². The molecule has 0 saturated carbocycles. The van der Waals surface area contributed by atoms with Gasteiger partial charge in [-0.25, -0.2) is 9.78 Å². The average molecular weight is 418 g/mol. The summed E-state index contributed by atoms with van der Waals surface area (Å²) in [6.45, 7) is 7.64. The highest BCUT2D eigenvalue weighted by molar-refractivity contribution is 5.90. The first-order chi connectivity index (χ1) is 14.8. The number of ether oxygens (including phenoxy) is 1. The van der Waals surface area contributed by atoms with Crippen LogP contribution in [0.3, 0.4) is 0 Å². The first-order valence-corrected chi connectivity index (χ1v) is 10.6. The van der Waals surface area contributed by atoms with Gasteiger partial charge in [-0.2, -0.15) is 0 Å². The number of fused-ring (bicyclic) bond motifs is 2. The van der Waals surface area contributed by atoms with Crippen molar-refractivity contribution in [3.63, 3.8) is 0 Å². The standard InChI is InChI=1S/C25H27N3O3/c1-5-6-11-22-26-20-10-8-7-9-19(20)23(29)28(22)18-12-13-21-17(16-18)14-15-27(21)24(30)31-25(2,3)4/h7-10,12-16H,5-6,11H2,1-4H3. The predicted molar refractivity (Wildman–Crippen MR) is 123 cm³/mol. The Kier molecular flexibility index (Phi) is 5.39. The van der Waals surface area contributed by atoms with Crippen LogP contribution in [-0.4, -0.2) is 25.8 Å². The number of unbranched alkanes of at least 4 members (excludes halogenated alkanes) is 1. The van der Waals surface area contributed by atoms with Crippen molar-refractivity contribution in [3.05, 3.63) is 70.9 Å². The zero-order valence-electron chi connectivity index (χ0n) is 18.4. The lowest BCUT2D eigenvalue weighted by Crippen LogP contribution is -2.26. The molecule has 2 aromatic heterocycles. The summed E-state index contributed by atoms with van der Waals surface area (Å²) in [5, 5.41) is 1.44. The summed E-state index contributed by atoms with van der Waals surface area (Å²) in [6.07, 6.45) is 3.95. The Hall–Kier alpha value is -3.41. The number of hydrogen-bond acceptors (Lipinski definition) is 4. The Labute approximate surface area is 181 Å². The minimum atomic E-state index is -0.578. The van der Waals surface area contributed by atoms with Gasteiger partial charge in [-0.15, -0.1) is 0 Å². The Morgan fingerprint density at radius 3 is 2.61 bits per heavy atom. The highest BCUT2D eigenvalue weighted by atomic mass is 16.6. The number of hydrogen-bond donors (Lipinski definition) is 0. The molecule has 2 heterocycles. The smallest absolute Gasteiger partial charge is 0.418 e. The van der Waals surface area contributed by atoms with Crippen LogP contribution in [0.5, 0.6) is 0 Å². The van der Waals surface area contributed by atoms with Crippen molar-refractivity contribution in [2.24, 2.45) is 0 Å². The van der Waals surface area contributed by atoms with Crippen LogP contribution >= 0.6 is 0 Å². The molecule has 6 nitrogen and oxygen atoms in total. The van der Waals surface area contributed by atoms with Crippen molar-refractivity contribution in [2.75, 3.05) is 0 Å². The van der Waals surface area contributed by atoms with Gasteiger partial charge in [0.2, 0.25) is 0 Å². The normalized spacial score (nSPS) is 11.9. The summed E-state index contributed by atoms with van der Waals surface area (Å²) in [5.74, 6) is 0.747. The predicted octanol–water partition coefficient (Wildman–Crippen LogP) is 5.47. The second-order valence-corrected chi connectivity index (χ2v) is 8.70. The molecule has 0 aliphatic carbocycles. The van der Waals surface area contributed by atoms with Crippen LogP contribution in [-0.2, 0) is 11.2 Å². The Morgan fingerprint density at radius 2 is 1.87 bits per heavy atom. The third-order valence-corrected chi connectivity index (χ3v) is 5.12. The molecule has 0 aliphatic heterocycles. The molecular weight excluding hydrogens is 390 g/mol. The summed E-state index contributed by atoms with van der Waals surface area (Å²) in [6, 6.07) is 14.9. The molecule has 0 radical (unpaired) electrons. The minimum absolute atomic E-state index is 0.0809. The number of para-hydroxylation sites is 1. The van der Waals surface area contributed by atoms with E-state index in [2.05, 4.69) is 6.92 Å². The summed E-state index contributed by atoms with van der Waals surface area (Å²) in [7, 11) is 0. The third-order valence-electron chi connectivity index (χ3n) is 5.12. The first kappa shape index (κ1) is 20.8. The van der Waals surface area contributed by atoms with Gasteiger partial charge in [0.05, 0.1) is 22.1 Å². The second kappa shape index (κ2) is 8.02. The van der Waals surface area contributed by atoms with Crippen LogP contribution in [0.1, 0.15) is 46.4 Å². The van der Waals surface area contributed by atoms with E-state index < -0.39 is 11.7 Å². The number of carbonyl (C=O) groups excluding carboxylic acids is 1. The zero-order valence-corrected chi connectivity index (χ0v) is 18.4. The number of carbonyl (C=O) groups is 1. The lowest BCUT2D eigenvalue weighted by molar-refractivity contribution is 0.0544. The molecule has 0 N–H and O–H groups in total. The van der Waals surface area contributed by atoms with Gasteiger partial charge in [-0.1, -0.05) is 25.5 Å². The molecular formula is C25H27N3O3. The number of benzene rings is 2. The van der Waals surface area contributed by atoms with Crippen LogP contribution in [0.4, 0.5) is 4.79 Å². The summed E-state index contributed by atoms with van der Waals surface area (Å²) < 4.78 is 8.68. The van der Waals surface area contributed by atoms with Crippen molar-refractivity contribution < 1.29 is 9.53 Å². The van der Waals surface area contributed by atoms with Crippen molar-refractivity contribution in [3.8, 4) is 5.69 Å². The fourth-order valence-corrected chi connectivity index (χ4v) is 3.69. The Balaban J connectivity index is 1.84. The van der Waals surface area contributed by atoms with Crippen LogP contribution in [0.25, 0.3) is 27.5 Å². The topological polar surface area (TPSA) is 66.1 Å². The monoisotopic (exact) mass is 417 g/mol. The van der Waals surface area contributed by atoms with E-state index in [1.807, 2.05) is 69.3 Å². The zero-order chi connectivity index (χ0) is 22.2. The van der Waals surface area contributed by atoms with Crippen molar-refractivity contribution >= 4 is 27.9 Å². The Bertz CT molecular complexity index is 1330. The highest BCUT2D eigenvalue weighted by Crippen LogP contribution is 2.23. The van der Waals surface area contributed by atoms with Gasteiger partial charge in [0.25, 0.3) is 5.56 Å². The van der Waals surface area contributed by atoms with Crippen molar-refractivity contribution in [2.45, 2.75) is 52.6 Å². The first-order valence-electron chi connectivity index (χ1n) is 10.6. The lowest BCUT2D eigenvalue weighted by atomic mass is 10.1. The number of aromatic nitrogens is 3. The maximum atomic E-state index is 13.4. The molecule has 160 valence electrons. The molecule has 0 fully saturated rings. The highest BCUT2D eigenvalue weighted by Gasteiger charge is 2.19. The lowest BCUT2D eigenvalue weighted by Gasteiger charge is -2.19. The largest absolute Gasteiger partial charge is 0.443 e. The molecule has 0 amide bonds. The molecule has 0 unspecified atom stereocenters. The van der Waals surface area contributed by atoms with Gasteiger partial charge in [-0.05, 0) is 63.6 Å². The van der Waals surface area contributed by atoms with Gasteiger partial charge in [0.15, 0.2) is 0 Å². The maximum Gasteiger partial charge on any atom is 0.418 e.